The number of nitrogens with zero attached hydrogens (tertiary/aromatic N) is 1. The highest BCUT2D eigenvalue weighted by Gasteiger charge is 2.33. The van der Waals surface area contributed by atoms with Gasteiger partial charge in [0.25, 0.3) is 0 Å². The van der Waals surface area contributed by atoms with Crippen molar-refractivity contribution in [1.29, 1.82) is 0 Å². The molecule has 6 heteroatoms. The number of nitrogens with one attached hydrogen (secondary N) is 1. The molecule has 2 rings (SSSR count). The van der Waals surface area contributed by atoms with Gasteiger partial charge in [-0.3, -0.25) is 4.79 Å². The Kier molecular flexibility index (Phi) is 4.30. The maximum Gasteiger partial charge on any atom is 0.417 e. The van der Waals surface area contributed by atoms with E-state index in [9.17, 15) is 18.0 Å². The molecule has 1 N–H and O–H groups in total. The first kappa shape index (κ1) is 16.1. The lowest BCUT2D eigenvalue weighted by molar-refractivity contribution is -0.136. The molecular weight excluding hydrogens is 293 g/mol. The molecule has 0 fully saturated rings. The number of fused-ring (bicyclic) bond motifs is 1. The van der Waals surface area contributed by atoms with Crippen molar-refractivity contribution in [2.75, 3.05) is 11.4 Å². The van der Waals surface area contributed by atoms with Gasteiger partial charge in [-0.15, -0.1) is 6.58 Å². The fourth-order valence-electron chi connectivity index (χ4n) is 2.41. The summed E-state index contributed by atoms with van der Waals surface area (Å²) in [5.41, 5.74) is -0.861. The Morgan fingerprint density at radius 2 is 2.00 bits per heavy atom. The number of halogens is 3. The number of aromatic amines is 1. The molecular formula is C16H17F3N2O. The van der Waals surface area contributed by atoms with Crippen LogP contribution in [0.1, 0.15) is 19.4 Å². The number of pyridine rings is 1. The summed E-state index contributed by atoms with van der Waals surface area (Å²) in [7, 11) is 0. The van der Waals surface area contributed by atoms with Gasteiger partial charge in [0.05, 0.1) is 5.56 Å². The Balaban J connectivity index is 2.69. The van der Waals surface area contributed by atoms with Gasteiger partial charge in [0.2, 0.25) is 5.56 Å². The quantitative estimate of drug-likeness (QED) is 0.868. The molecule has 22 heavy (non-hydrogen) atoms. The number of rotatable bonds is 4. The Morgan fingerprint density at radius 3 is 2.55 bits per heavy atom. The molecule has 2 aromatic rings. The van der Waals surface area contributed by atoms with E-state index in [-0.39, 0.29) is 16.9 Å². The summed E-state index contributed by atoms with van der Waals surface area (Å²) in [4.78, 5) is 15.8. The highest BCUT2D eigenvalue weighted by atomic mass is 19.4. The maximum atomic E-state index is 13.2. The Labute approximate surface area is 126 Å². The number of hydrogen-bond acceptors (Lipinski definition) is 2. The minimum Gasteiger partial charge on any atom is -0.365 e. The minimum absolute atomic E-state index is 0.0145. The van der Waals surface area contributed by atoms with E-state index in [4.69, 9.17) is 0 Å². The second-order valence-corrected chi connectivity index (χ2v) is 5.31. The van der Waals surface area contributed by atoms with Crippen molar-refractivity contribution in [2.24, 2.45) is 0 Å². The van der Waals surface area contributed by atoms with Gasteiger partial charge in [-0.2, -0.15) is 13.2 Å². The van der Waals surface area contributed by atoms with E-state index in [1.54, 1.807) is 12.1 Å². The summed E-state index contributed by atoms with van der Waals surface area (Å²) < 4.78 is 39.5. The summed E-state index contributed by atoms with van der Waals surface area (Å²) >= 11 is 0. The normalized spacial score (nSPS) is 11.9. The molecule has 0 aliphatic rings. The van der Waals surface area contributed by atoms with Crippen molar-refractivity contribution in [3.05, 3.63) is 52.8 Å². The van der Waals surface area contributed by atoms with Crippen LogP contribution in [0.3, 0.4) is 0 Å². The van der Waals surface area contributed by atoms with Gasteiger partial charge in [0, 0.05) is 35.2 Å². The number of alkyl halides is 3. The summed E-state index contributed by atoms with van der Waals surface area (Å²) in [5, 5.41) is -0.0145. The highest BCUT2D eigenvalue weighted by molar-refractivity contribution is 5.86. The molecule has 0 aliphatic heterocycles. The summed E-state index contributed by atoms with van der Waals surface area (Å²) in [6, 6.07) is 5.35. The standard InChI is InChI=1S/C16H17F3N2O/c1-4-7-21(10(2)3)11-5-6-14-12(8-11)13(16(17,18)19)9-15(22)20-14/h4-6,8-10H,1,7H2,2-3H3,(H,20,22). The van der Waals surface area contributed by atoms with E-state index >= 15 is 0 Å². The molecule has 0 spiro atoms. The second-order valence-electron chi connectivity index (χ2n) is 5.31. The summed E-state index contributed by atoms with van der Waals surface area (Å²) in [5.74, 6) is 0. The third kappa shape index (κ3) is 3.16. The highest BCUT2D eigenvalue weighted by Crippen LogP contribution is 2.35. The van der Waals surface area contributed by atoms with Crippen molar-refractivity contribution in [1.82, 2.24) is 4.98 Å². The van der Waals surface area contributed by atoms with Crippen molar-refractivity contribution in [3.8, 4) is 0 Å². The molecule has 0 saturated heterocycles. The number of benzene rings is 1. The third-order valence-electron chi connectivity index (χ3n) is 3.41. The zero-order valence-corrected chi connectivity index (χ0v) is 12.4. The van der Waals surface area contributed by atoms with Gasteiger partial charge in [0.15, 0.2) is 0 Å². The van der Waals surface area contributed by atoms with Gasteiger partial charge in [-0.25, -0.2) is 0 Å². The zero-order chi connectivity index (χ0) is 16.5. The lowest BCUT2D eigenvalue weighted by Crippen LogP contribution is -2.30. The van der Waals surface area contributed by atoms with Crippen molar-refractivity contribution < 1.29 is 13.2 Å². The first-order chi connectivity index (χ1) is 10.2. The van der Waals surface area contributed by atoms with E-state index in [1.165, 1.54) is 12.1 Å². The molecule has 0 saturated carbocycles. The van der Waals surface area contributed by atoms with Crippen molar-refractivity contribution in [3.63, 3.8) is 0 Å². The molecule has 0 unspecified atom stereocenters. The van der Waals surface area contributed by atoms with Crippen molar-refractivity contribution in [2.45, 2.75) is 26.1 Å². The summed E-state index contributed by atoms with van der Waals surface area (Å²) in [6.07, 6.45) is -2.88. The van der Waals surface area contributed by atoms with Crippen LogP contribution in [0.15, 0.2) is 41.7 Å². The lowest BCUT2D eigenvalue weighted by atomic mass is 10.1. The maximum absolute atomic E-state index is 13.2. The molecule has 1 aromatic carbocycles. The van der Waals surface area contributed by atoms with Gasteiger partial charge in [-0.05, 0) is 32.0 Å². The topological polar surface area (TPSA) is 36.1 Å². The first-order valence-electron chi connectivity index (χ1n) is 6.86. The Hall–Kier alpha value is -2.24. The van der Waals surface area contributed by atoms with E-state index < -0.39 is 17.3 Å². The van der Waals surface area contributed by atoms with Crippen LogP contribution in [-0.4, -0.2) is 17.6 Å². The summed E-state index contributed by atoms with van der Waals surface area (Å²) in [6.45, 7) is 8.09. The zero-order valence-electron chi connectivity index (χ0n) is 12.4. The molecule has 0 atom stereocenters. The van der Waals surface area contributed by atoms with E-state index in [1.807, 2.05) is 18.7 Å². The molecule has 0 amide bonds. The van der Waals surface area contributed by atoms with Gasteiger partial charge >= 0.3 is 6.18 Å². The SMILES string of the molecule is C=CCN(c1ccc2[nH]c(=O)cc(C(F)(F)F)c2c1)C(C)C. The van der Waals surface area contributed by atoms with Gasteiger partial charge in [-0.1, -0.05) is 6.08 Å². The van der Waals surface area contributed by atoms with Crippen LogP contribution in [0.2, 0.25) is 0 Å². The predicted molar refractivity (Wildman–Crippen MR) is 82.2 cm³/mol. The molecule has 118 valence electrons. The first-order valence-corrected chi connectivity index (χ1v) is 6.86. The van der Waals surface area contributed by atoms with Crippen LogP contribution >= 0.6 is 0 Å². The third-order valence-corrected chi connectivity index (χ3v) is 3.41. The molecule has 0 aliphatic carbocycles. The van der Waals surface area contributed by atoms with Crippen molar-refractivity contribution >= 4 is 16.6 Å². The smallest absolute Gasteiger partial charge is 0.365 e. The average molecular weight is 310 g/mol. The molecule has 0 radical (unpaired) electrons. The average Bonchev–Trinajstić information content (AvgIpc) is 2.42. The van der Waals surface area contributed by atoms with Gasteiger partial charge < -0.3 is 9.88 Å². The predicted octanol–water partition coefficient (Wildman–Crippen LogP) is 3.95. The Morgan fingerprint density at radius 1 is 1.32 bits per heavy atom. The fraction of sp³-hybridized carbons (Fsp3) is 0.312. The second kappa shape index (κ2) is 5.87. The van der Waals surface area contributed by atoms with Crippen LogP contribution < -0.4 is 10.5 Å². The molecule has 0 bridgehead atoms. The number of H-pyrrole nitrogens is 1. The van der Waals surface area contributed by atoms with E-state index in [2.05, 4.69) is 11.6 Å². The monoisotopic (exact) mass is 310 g/mol. The molecule has 3 nitrogen and oxygen atoms in total. The fourth-order valence-corrected chi connectivity index (χ4v) is 2.41. The van der Waals surface area contributed by atoms with E-state index in [0.717, 1.165) is 0 Å². The van der Waals surface area contributed by atoms with Crippen LogP contribution in [0, 0.1) is 0 Å². The number of aromatic nitrogens is 1. The lowest BCUT2D eigenvalue weighted by Gasteiger charge is -2.28. The van der Waals surface area contributed by atoms with Gasteiger partial charge in [0.1, 0.15) is 0 Å². The molecule has 1 heterocycles. The number of anilines is 1. The van der Waals surface area contributed by atoms with Crippen LogP contribution in [0.4, 0.5) is 18.9 Å². The minimum atomic E-state index is -4.58. The largest absolute Gasteiger partial charge is 0.417 e. The van der Waals surface area contributed by atoms with E-state index in [0.29, 0.717) is 18.3 Å². The van der Waals surface area contributed by atoms with Crippen LogP contribution in [-0.2, 0) is 6.18 Å². The van der Waals surface area contributed by atoms with Crippen LogP contribution in [0.25, 0.3) is 10.9 Å². The van der Waals surface area contributed by atoms with Crippen LogP contribution in [0.5, 0.6) is 0 Å². The molecule has 1 aromatic heterocycles. The number of hydrogen-bond donors (Lipinski definition) is 1. The Bertz CT molecular complexity index is 747.